The summed E-state index contributed by atoms with van der Waals surface area (Å²) in [5.74, 6) is -0.319. The molecule has 0 aliphatic carbocycles. The first-order valence-electron chi connectivity index (χ1n) is 12.2. The van der Waals surface area contributed by atoms with E-state index in [4.69, 9.17) is 9.15 Å². The van der Waals surface area contributed by atoms with Gasteiger partial charge in [0, 0.05) is 12.1 Å². The highest BCUT2D eigenvalue weighted by molar-refractivity contribution is 7.91. The average molecular weight is 515 g/mol. The quantitative estimate of drug-likeness (QED) is 0.253. The third-order valence-corrected chi connectivity index (χ3v) is 7.55. The second kappa shape index (κ2) is 11.7. The van der Waals surface area contributed by atoms with E-state index in [-0.39, 0.29) is 40.2 Å². The predicted octanol–water partition coefficient (Wildman–Crippen LogP) is 5.83. The van der Waals surface area contributed by atoms with Crippen molar-refractivity contribution in [2.24, 2.45) is 0 Å². The fourth-order valence-corrected chi connectivity index (χ4v) is 5.28. The van der Waals surface area contributed by atoms with Gasteiger partial charge in [-0.3, -0.25) is 4.79 Å². The number of ether oxygens (including phenoxy) is 1. The number of rotatable bonds is 11. The van der Waals surface area contributed by atoms with E-state index in [1.165, 1.54) is 13.2 Å². The van der Waals surface area contributed by atoms with Gasteiger partial charge in [-0.05, 0) is 47.9 Å². The van der Waals surface area contributed by atoms with Gasteiger partial charge in [-0.1, -0.05) is 58.4 Å². The number of unbranched alkanes of at least 4 members (excludes halogenated alkanes) is 2. The van der Waals surface area contributed by atoms with Crippen molar-refractivity contribution < 1.29 is 27.2 Å². The lowest BCUT2D eigenvalue weighted by Gasteiger charge is -2.20. The third kappa shape index (κ3) is 6.32. The lowest BCUT2D eigenvalue weighted by molar-refractivity contribution is -0.116. The van der Waals surface area contributed by atoms with Crippen LogP contribution in [0.2, 0.25) is 0 Å². The van der Waals surface area contributed by atoms with Gasteiger partial charge in [-0.15, -0.1) is 0 Å². The van der Waals surface area contributed by atoms with Crippen LogP contribution >= 0.6 is 0 Å². The highest BCUT2D eigenvalue weighted by Gasteiger charge is 2.24. The molecule has 0 aliphatic rings. The molecule has 1 heterocycles. The Balaban J connectivity index is 1.57. The molecule has 0 atom stereocenters. The van der Waals surface area contributed by atoms with Crippen LogP contribution in [0.25, 0.3) is 11.1 Å². The van der Waals surface area contributed by atoms with E-state index < -0.39 is 21.0 Å². The van der Waals surface area contributed by atoms with Gasteiger partial charge in [0.2, 0.25) is 15.7 Å². The van der Waals surface area contributed by atoms with E-state index >= 15 is 0 Å². The van der Waals surface area contributed by atoms with Gasteiger partial charge in [-0.25, -0.2) is 13.2 Å². The van der Waals surface area contributed by atoms with Gasteiger partial charge in [0.1, 0.15) is 11.1 Å². The number of carbonyl (C=O) groups excluding carboxylic acids is 2. The molecule has 1 amide bonds. The van der Waals surface area contributed by atoms with Crippen molar-refractivity contribution in [3.8, 4) is 0 Å². The lowest BCUT2D eigenvalue weighted by Crippen LogP contribution is -2.15. The number of oxazole rings is 1. The first-order chi connectivity index (χ1) is 17.0. The van der Waals surface area contributed by atoms with Crippen molar-refractivity contribution in [3.63, 3.8) is 0 Å². The van der Waals surface area contributed by atoms with Crippen molar-refractivity contribution in [1.82, 2.24) is 4.98 Å². The molecule has 3 aromatic rings. The summed E-state index contributed by atoms with van der Waals surface area (Å²) in [5, 5.41) is 2.67. The fraction of sp³-hybridized carbons (Fsp3) is 0.444. The Labute approximate surface area is 212 Å². The molecular weight excluding hydrogens is 480 g/mol. The molecule has 0 spiro atoms. The molecule has 1 N–H and O–H groups in total. The molecule has 0 bridgehead atoms. The first kappa shape index (κ1) is 27.4. The van der Waals surface area contributed by atoms with Crippen LogP contribution in [0.5, 0.6) is 0 Å². The van der Waals surface area contributed by atoms with E-state index in [0.717, 1.165) is 16.8 Å². The summed E-state index contributed by atoms with van der Waals surface area (Å²) in [6.45, 7) is 8.40. The second-order valence-corrected chi connectivity index (χ2v) is 11.4. The highest BCUT2D eigenvalue weighted by atomic mass is 32.2. The molecule has 0 aliphatic heterocycles. The molecule has 8 nitrogen and oxygen atoms in total. The highest BCUT2D eigenvalue weighted by Crippen LogP contribution is 2.32. The number of carbonyl (C=O) groups is 2. The molecule has 194 valence electrons. The van der Waals surface area contributed by atoms with Crippen molar-refractivity contribution >= 4 is 38.5 Å². The molecule has 3 rings (SSSR count). The molecule has 0 radical (unpaired) electrons. The molecule has 2 aromatic carbocycles. The normalized spacial score (nSPS) is 11.9. The van der Waals surface area contributed by atoms with Gasteiger partial charge < -0.3 is 14.5 Å². The smallest absolute Gasteiger partial charge is 0.341 e. The monoisotopic (exact) mass is 514 g/mol. The number of benzene rings is 2. The maximum atomic E-state index is 12.7. The standard InChI is InChI=1S/C27H34N2O6S/c1-17(2)19-11-9-12-20(18(3)4)24(19)29-23(30)15-7-6-8-16-36(32,33)27-28-22-14-10-13-21(25(22)35-27)26(31)34-5/h9-14,17-18H,6-8,15-16H2,1-5H3,(H,29,30). The molecule has 36 heavy (non-hydrogen) atoms. The van der Waals surface area contributed by atoms with Crippen LogP contribution in [0.4, 0.5) is 5.69 Å². The number of methoxy groups -OCH3 is 1. The summed E-state index contributed by atoms with van der Waals surface area (Å²) in [5.41, 5.74) is 3.58. The van der Waals surface area contributed by atoms with Crippen molar-refractivity contribution in [1.29, 1.82) is 0 Å². The summed E-state index contributed by atoms with van der Waals surface area (Å²) in [4.78, 5) is 28.6. The molecule has 0 unspecified atom stereocenters. The Kier molecular flexibility index (Phi) is 8.89. The van der Waals surface area contributed by atoms with E-state index in [2.05, 4.69) is 38.0 Å². The minimum atomic E-state index is -3.78. The van der Waals surface area contributed by atoms with Gasteiger partial charge in [0.05, 0.1) is 12.9 Å². The number of hydrogen-bond donors (Lipinski definition) is 1. The van der Waals surface area contributed by atoms with Crippen molar-refractivity contribution in [2.45, 2.75) is 70.4 Å². The zero-order valence-corrected chi connectivity index (χ0v) is 22.3. The van der Waals surface area contributed by atoms with Crippen LogP contribution in [-0.4, -0.2) is 38.1 Å². The molecule has 1 aromatic heterocycles. The number of fused-ring (bicyclic) bond motifs is 1. The van der Waals surface area contributed by atoms with E-state index in [1.54, 1.807) is 12.1 Å². The summed E-state index contributed by atoms with van der Waals surface area (Å²) < 4.78 is 35.6. The minimum absolute atomic E-state index is 0.0813. The maximum absolute atomic E-state index is 12.7. The molecule has 9 heteroatoms. The van der Waals surface area contributed by atoms with Gasteiger partial charge in [-0.2, -0.15) is 4.98 Å². The third-order valence-electron chi connectivity index (χ3n) is 6.02. The van der Waals surface area contributed by atoms with Crippen LogP contribution in [0.1, 0.15) is 86.7 Å². The maximum Gasteiger partial charge on any atom is 0.341 e. The van der Waals surface area contributed by atoms with Crippen molar-refractivity contribution in [2.75, 3.05) is 18.2 Å². The minimum Gasteiger partial charge on any atom is -0.465 e. The second-order valence-electron chi connectivity index (χ2n) is 9.42. The number of esters is 1. The van der Waals surface area contributed by atoms with Crippen LogP contribution in [0.15, 0.2) is 46.0 Å². The Morgan fingerprint density at radius 3 is 2.22 bits per heavy atom. The molecule has 0 saturated heterocycles. The topological polar surface area (TPSA) is 116 Å². The first-order valence-corrected chi connectivity index (χ1v) is 13.8. The summed E-state index contributed by atoms with van der Waals surface area (Å²) >= 11 is 0. The number of nitrogens with zero attached hydrogens (tertiary/aromatic N) is 1. The van der Waals surface area contributed by atoms with Gasteiger partial charge >= 0.3 is 11.2 Å². The molecule has 0 saturated carbocycles. The number of sulfone groups is 1. The van der Waals surface area contributed by atoms with E-state index in [9.17, 15) is 18.0 Å². The van der Waals surface area contributed by atoms with Crippen LogP contribution in [0, 0.1) is 0 Å². The molecular formula is C27H34N2O6S. The largest absolute Gasteiger partial charge is 0.465 e. The zero-order chi connectivity index (χ0) is 26.5. The number of hydrogen-bond acceptors (Lipinski definition) is 7. The predicted molar refractivity (Wildman–Crippen MR) is 139 cm³/mol. The summed E-state index contributed by atoms with van der Waals surface area (Å²) in [6.07, 6.45) is 1.78. The van der Waals surface area contributed by atoms with Gasteiger partial charge in [0.15, 0.2) is 5.58 Å². The number of amides is 1. The Bertz CT molecular complexity index is 1320. The number of para-hydroxylation sites is 2. The summed E-state index contributed by atoms with van der Waals surface area (Å²) in [7, 11) is -2.54. The van der Waals surface area contributed by atoms with Crippen LogP contribution < -0.4 is 5.32 Å². The van der Waals surface area contributed by atoms with Crippen molar-refractivity contribution in [3.05, 3.63) is 53.1 Å². The van der Waals surface area contributed by atoms with E-state index in [1.807, 2.05) is 18.2 Å². The Morgan fingerprint density at radius 2 is 1.61 bits per heavy atom. The van der Waals surface area contributed by atoms with Gasteiger partial charge in [0.25, 0.3) is 0 Å². The Morgan fingerprint density at radius 1 is 0.972 bits per heavy atom. The number of aromatic nitrogens is 1. The van der Waals surface area contributed by atoms with Crippen LogP contribution in [-0.2, 0) is 19.4 Å². The number of anilines is 1. The Hall–Kier alpha value is -3.20. The zero-order valence-electron chi connectivity index (χ0n) is 21.5. The van der Waals surface area contributed by atoms with Crippen LogP contribution in [0.3, 0.4) is 0 Å². The van der Waals surface area contributed by atoms with E-state index in [0.29, 0.717) is 25.7 Å². The fourth-order valence-electron chi connectivity index (χ4n) is 4.07. The number of nitrogens with one attached hydrogen (secondary N) is 1. The SMILES string of the molecule is COC(=O)c1cccc2nc(S(=O)(=O)CCCCCC(=O)Nc3c(C(C)C)cccc3C(C)C)oc12. The summed E-state index contributed by atoms with van der Waals surface area (Å²) in [6, 6.07) is 10.8. The lowest BCUT2D eigenvalue weighted by atomic mass is 9.92. The molecule has 0 fully saturated rings. The average Bonchev–Trinajstić information content (AvgIpc) is 3.28.